The van der Waals surface area contributed by atoms with Crippen LogP contribution in [0.4, 0.5) is 10.5 Å². The summed E-state index contributed by atoms with van der Waals surface area (Å²) in [6.45, 7) is 6.43. The van der Waals surface area contributed by atoms with Gasteiger partial charge in [0.15, 0.2) is 0 Å². The second-order valence-electron chi connectivity index (χ2n) is 4.90. The molecule has 6 nitrogen and oxygen atoms in total. The van der Waals surface area contributed by atoms with Gasteiger partial charge < -0.3 is 15.4 Å². The third-order valence-corrected chi connectivity index (χ3v) is 2.00. The first-order valence-electron chi connectivity index (χ1n) is 5.97. The first-order valence-corrected chi connectivity index (χ1v) is 5.97. The molecule has 0 bridgehead atoms. The SMILES string of the molecule is CC(C)(C)OC(=O)NCCNc1ccc(C#N)nc1. The summed E-state index contributed by atoms with van der Waals surface area (Å²) in [6.07, 6.45) is 1.14. The van der Waals surface area contributed by atoms with Crippen molar-refractivity contribution in [1.82, 2.24) is 10.3 Å². The van der Waals surface area contributed by atoms with Gasteiger partial charge in [-0.25, -0.2) is 9.78 Å². The molecule has 1 amide bonds. The number of alkyl carbamates (subject to hydrolysis) is 1. The fourth-order valence-electron chi connectivity index (χ4n) is 1.25. The number of nitrogens with one attached hydrogen (secondary N) is 2. The van der Waals surface area contributed by atoms with Crippen LogP contribution in [0, 0.1) is 11.3 Å². The fraction of sp³-hybridized carbons (Fsp3) is 0.462. The van der Waals surface area contributed by atoms with E-state index in [0.717, 1.165) is 5.69 Å². The summed E-state index contributed by atoms with van der Waals surface area (Å²) in [4.78, 5) is 15.3. The molecule has 102 valence electrons. The highest BCUT2D eigenvalue weighted by molar-refractivity contribution is 5.67. The average molecular weight is 262 g/mol. The zero-order valence-electron chi connectivity index (χ0n) is 11.4. The van der Waals surface area contributed by atoms with Crippen molar-refractivity contribution in [3.8, 4) is 6.07 Å². The van der Waals surface area contributed by atoms with Gasteiger partial charge in [-0.1, -0.05) is 0 Å². The highest BCUT2D eigenvalue weighted by atomic mass is 16.6. The maximum absolute atomic E-state index is 11.3. The molecule has 19 heavy (non-hydrogen) atoms. The molecule has 0 radical (unpaired) electrons. The van der Waals surface area contributed by atoms with E-state index in [1.807, 2.05) is 26.8 Å². The lowest BCUT2D eigenvalue weighted by atomic mass is 10.2. The van der Waals surface area contributed by atoms with Crippen molar-refractivity contribution < 1.29 is 9.53 Å². The summed E-state index contributed by atoms with van der Waals surface area (Å²) >= 11 is 0. The molecule has 0 aliphatic carbocycles. The number of nitrogens with zero attached hydrogens (tertiary/aromatic N) is 2. The van der Waals surface area contributed by atoms with Gasteiger partial charge in [-0.05, 0) is 32.9 Å². The number of aromatic nitrogens is 1. The smallest absolute Gasteiger partial charge is 0.407 e. The normalized spacial score (nSPS) is 10.4. The van der Waals surface area contributed by atoms with Crippen LogP contribution in [-0.2, 0) is 4.74 Å². The monoisotopic (exact) mass is 262 g/mol. The van der Waals surface area contributed by atoms with Crippen LogP contribution in [0.25, 0.3) is 0 Å². The second kappa shape index (κ2) is 6.59. The molecule has 1 rings (SSSR count). The van der Waals surface area contributed by atoms with Crippen molar-refractivity contribution >= 4 is 11.8 Å². The minimum atomic E-state index is -0.492. The zero-order valence-corrected chi connectivity index (χ0v) is 11.4. The van der Waals surface area contributed by atoms with E-state index in [1.54, 1.807) is 18.3 Å². The second-order valence-corrected chi connectivity index (χ2v) is 4.90. The number of hydrogen-bond acceptors (Lipinski definition) is 5. The molecule has 0 saturated carbocycles. The molecule has 0 aliphatic heterocycles. The summed E-state index contributed by atoms with van der Waals surface area (Å²) < 4.78 is 5.09. The third kappa shape index (κ3) is 6.27. The summed E-state index contributed by atoms with van der Waals surface area (Å²) in [5.41, 5.74) is 0.677. The molecule has 0 aromatic carbocycles. The number of nitriles is 1. The first-order chi connectivity index (χ1) is 8.90. The minimum Gasteiger partial charge on any atom is -0.444 e. The molecule has 1 aromatic rings. The van der Waals surface area contributed by atoms with E-state index in [2.05, 4.69) is 15.6 Å². The zero-order chi connectivity index (χ0) is 14.3. The third-order valence-electron chi connectivity index (χ3n) is 2.00. The van der Waals surface area contributed by atoms with E-state index < -0.39 is 11.7 Å². The van der Waals surface area contributed by atoms with Gasteiger partial charge in [-0.2, -0.15) is 5.26 Å². The number of anilines is 1. The van der Waals surface area contributed by atoms with E-state index in [1.165, 1.54) is 0 Å². The molecule has 1 heterocycles. The summed E-state index contributed by atoms with van der Waals surface area (Å²) in [7, 11) is 0. The molecule has 2 N–H and O–H groups in total. The van der Waals surface area contributed by atoms with Crippen molar-refractivity contribution in [2.75, 3.05) is 18.4 Å². The Morgan fingerprint density at radius 1 is 1.42 bits per heavy atom. The minimum absolute atomic E-state index is 0.373. The Balaban J connectivity index is 2.24. The fourth-order valence-corrected chi connectivity index (χ4v) is 1.25. The molecular formula is C13H18N4O2. The van der Waals surface area contributed by atoms with Gasteiger partial charge in [0.2, 0.25) is 0 Å². The Labute approximate surface area is 112 Å². The van der Waals surface area contributed by atoms with Gasteiger partial charge >= 0.3 is 6.09 Å². The van der Waals surface area contributed by atoms with E-state index >= 15 is 0 Å². The van der Waals surface area contributed by atoms with Crippen molar-refractivity contribution in [2.24, 2.45) is 0 Å². The Morgan fingerprint density at radius 3 is 2.68 bits per heavy atom. The molecule has 1 aromatic heterocycles. The lowest BCUT2D eigenvalue weighted by molar-refractivity contribution is 0.0530. The first kappa shape index (κ1) is 14.8. The van der Waals surface area contributed by atoms with Crippen LogP contribution in [0.1, 0.15) is 26.5 Å². The number of carbonyl (C=O) groups is 1. The molecule has 0 fully saturated rings. The lowest BCUT2D eigenvalue weighted by Gasteiger charge is -2.19. The van der Waals surface area contributed by atoms with Crippen LogP contribution >= 0.6 is 0 Å². The predicted octanol–water partition coefficient (Wildman–Crippen LogP) is 1.89. The number of pyridine rings is 1. The van der Waals surface area contributed by atoms with Crippen LogP contribution in [0.3, 0.4) is 0 Å². The molecular weight excluding hydrogens is 244 g/mol. The number of ether oxygens (including phenoxy) is 1. The quantitative estimate of drug-likeness (QED) is 0.809. The summed E-state index contributed by atoms with van der Waals surface area (Å²) in [5, 5.41) is 14.3. The van der Waals surface area contributed by atoms with Crippen molar-refractivity contribution in [3.05, 3.63) is 24.0 Å². The van der Waals surface area contributed by atoms with E-state index in [-0.39, 0.29) is 0 Å². The highest BCUT2D eigenvalue weighted by Gasteiger charge is 2.15. The molecule has 6 heteroatoms. The number of carbonyl (C=O) groups excluding carboxylic acids is 1. The predicted molar refractivity (Wildman–Crippen MR) is 71.7 cm³/mol. The van der Waals surface area contributed by atoms with E-state index in [9.17, 15) is 4.79 Å². The van der Waals surface area contributed by atoms with Crippen LogP contribution in [0.2, 0.25) is 0 Å². The molecule has 0 atom stereocenters. The van der Waals surface area contributed by atoms with Gasteiger partial charge in [0.25, 0.3) is 0 Å². The largest absolute Gasteiger partial charge is 0.444 e. The molecule has 0 aliphatic rings. The van der Waals surface area contributed by atoms with Crippen molar-refractivity contribution in [1.29, 1.82) is 5.26 Å². The Hall–Kier alpha value is -2.29. The van der Waals surface area contributed by atoms with E-state index in [4.69, 9.17) is 10.00 Å². The van der Waals surface area contributed by atoms with Crippen LogP contribution in [0.15, 0.2) is 18.3 Å². The average Bonchev–Trinajstić information content (AvgIpc) is 2.33. The maximum Gasteiger partial charge on any atom is 0.407 e. The van der Waals surface area contributed by atoms with Crippen LogP contribution < -0.4 is 10.6 Å². The van der Waals surface area contributed by atoms with Gasteiger partial charge in [-0.15, -0.1) is 0 Å². The summed E-state index contributed by atoms with van der Waals surface area (Å²) in [6, 6.07) is 5.34. The highest BCUT2D eigenvalue weighted by Crippen LogP contribution is 2.06. The van der Waals surface area contributed by atoms with Crippen LogP contribution in [-0.4, -0.2) is 29.8 Å². The Kier molecular flexibility index (Phi) is 5.12. The number of amides is 1. The van der Waals surface area contributed by atoms with Gasteiger partial charge in [-0.3, -0.25) is 0 Å². The Morgan fingerprint density at radius 2 is 2.16 bits per heavy atom. The van der Waals surface area contributed by atoms with Gasteiger partial charge in [0.1, 0.15) is 17.4 Å². The molecule has 0 saturated heterocycles. The molecule has 0 spiro atoms. The lowest BCUT2D eigenvalue weighted by Crippen LogP contribution is -2.34. The van der Waals surface area contributed by atoms with Gasteiger partial charge in [0, 0.05) is 13.1 Å². The number of hydrogen-bond donors (Lipinski definition) is 2. The maximum atomic E-state index is 11.3. The van der Waals surface area contributed by atoms with Crippen LogP contribution in [0.5, 0.6) is 0 Å². The topological polar surface area (TPSA) is 87.0 Å². The van der Waals surface area contributed by atoms with Gasteiger partial charge in [0.05, 0.1) is 11.9 Å². The number of rotatable bonds is 4. The Bertz CT molecular complexity index is 457. The standard InChI is InChI=1S/C13H18N4O2/c1-13(2,3)19-12(18)16-7-6-15-11-5-4-10(8-14)17-9-11/h4-5,9,15H,6-7H2,1-3H3,(H,16,18). The van der Waals surface area contributed by atoms with Crippen molar-refractivity contribution in [3.63, 3.8) is 0 Å². The van der Waals surface area contributed by atoms with Crippen molar-refractivity contribution in [2.45, 2.75) is 26.4 Å². The molecule has 0 unspecified atom stereocenters. The summed E-state index contributed by atoms with van der Waals surface area (Å²) in [5.74, 6) is 0. The van der Waals surface area contributed by atoms with E-state index in [0.29, 0.717) is 18.8 Å².